The zero-order valence-electron chi connectivity index (χ0n) is 11.8. The van der Waals surface area contributed by atoms with Gasteiger partial charge < -0.3 is 9.84 Å². The third kappa shape index (κ3) is 3.28. The summed E-state index contributed by atoms with van der Waals surface area (Å²) < 4.78 is 5.36. The summed E-state index contributed by atoms with van der Waals surface area (Å²) in [5.41, 5.74) is 0.924. The Bertz CT molecular complexity index is 464. The molecular weight excluding hydrogens is 254 g/mol. The fraction of sp³-hybridized carbons (Fsp3) is 0.533. The second-order valence-electron chi connectivity index (χ2n) is 4.87. The van der Waals surface area contributed by atoms with Gasteiger partial charge in [-0.2, -0.15) is 5.26 Å². The number of hydrogen-bond acceptors (Lipinski definition) is 5. The number of hydrogen-bond donors (Lipinski definition) is 1. The number of methoxy groups -OCH3 is 1. The zero-order chi connectivity index (χ0) is 14.4. The van der Waals surface area contributed by atoms with Gasteiger partial charge in [-0.25, -0.2) is 0 Å². The average molecular weight is 275 g/mol. The van der Waals surface area contributed by atoms with Gasteiger partial charge in [0.05, 0.1) is 19.8 Å². The lowest BCUT2D eigenvalue weighted by molar-refractivity contribution is 0.0975. The van der Waals surface area contributed by atoms with Crippen LogP contribution in [0, 0.1) is 11.3 Å². The van der Waals surface area contributed by atoms with Crippen LogP contribution < -0.4 is 4.74 Å². The maximum atomic E-state index is 9.52. The summed E-state index contributed by atoms with van der Waals surface area (Å²) in [6.07, 6.45) is 0. The van der Waals surface area contributed by atoms with Crippen molar-refractivity contribution in [3.8, 4) is 11.8 Å². The molecule has 2 rings (SSSR count). The molecule has 1 aliphatic heterocycles. The van der Waals surface area contributed by atoms with Gasteiger partial charge in [-0.3, -0.25) is 9.80 Å². The Hall–Kier alpha value is -1.61. The number of nitrogens with zero attached hydrogens (tertiary/aromatic N) is 3. The number of β-amino-alcohol motifs (C(OH)–C–C–N with tert-alkyl or cyclic N) is 1. The number of aliphatic hydroxyl groups excluding tert-OH is 1. The molecule has 0 spiro atoms. The number of piperazine rings is 1. The van der Waals surface area contributed by atoms with Gasteiger partial charge in [-0.1, -0.05) is 18.2 Å². The number of ether oxygens (including phenoxy) is 1. The highest BCUT2D eigenvalue weighted by Gasteiger charge is 2.26. The predicted molar refractivity (Wildman–Crippen MR) is 76.4 cm³/mol. The van der Waals surface area contributed by atoms with Crippen molar-refractivity contribution in [3.05, 3.63) is 29.8 Å². The smallest absolute Gasteiger partial charge is 0.127 e. The normalized spacial score (nSPS) is 18.4. The SMILES string of the molecule is COc1ccccc1C(C#N)N1CCN(CCO)CC1. The van der Waals surface area contributed by atoms with Crippen molar-refractivity contribution in [1.82, 2.24) is 9.80 Å². The predicted octanol–water partition coefficient (Wildman–Crippen LogP) is 0.870. The van der Waals surface area contributed by atoms with Crippen molar-refractivity contribution >= 4 is 0 Å². The first kappa shape index (κ1) is 14.8. The monoisotopic (exact) mass is 275 g/mol. The van der Waals surface area contributed by atoms with Crippen LogP contribution in [-0.2, 0) is 0 Å². The molecule has 1 heterocycles. The molecule has 0 saturated carbocycles. The fourth-order valence-corrected chi connectivity index (χ4v) is 2.63. The highest BCUT2D eigenvalue weighted by molar-refractivity contribution is 5.38. The molecule has 1 atom stereocenters. The van der Waals surface area contributed by atoms with E-state index in [-0.39, 0.29) is 12.6 Å². The standard InChI is InChI=1S/C15H21N3O2/c1-20-15-5-3-2-4-13(15)14(12-16)18-8-6-17(7-9-18)10-11-19/h2-5,14,19H,6-11H2,1H3. The zero-order valence-corrected chi connectivity index (χ0v) is 11.8. The minimum absolute atomic E-state index is 0.189. The van der Waals surface area contributed by atoms with Crippen molar-refractivity contribution in [1.29, 1.82) is 5.26 Å². The lowest BCUT2D eigenvalue weighted by atomic mass is 10.0. The largest absolute Gasteiger partial charge is 0.496 e. The molecule has 5 nitrogen and oxygen atoms in total. The van der Waals surface area contributed by atoms with E-state index < -0.39 is 0 Å². The third-order valence-corrected chi connectivity index (χ3v) is 3.74. The van der Waals surface area contributed by atoms with Gasteiger partial charge in [0.15, 0.2) is 0 Å². The number of aliphatic hydroxyl groups is 1. The van der Waals surface area contributed by atoms with Crippen molar-refractivity contribution in [3.63, 3.8) is 0 Å². The Morgan fingerprint density at radius 1 is 1.30 bits per heavy atom. The summed E-state index contributed by atoms with van der Waals surface area (Å²) >= 11 is 0. The van der Waals surface area contributed by atoms with Gasteiger partial charge in [0.2, 0.25) is 0 Å². The van der Waals surface area contributed by atoms with Crippen LogP contribution in [0.1, 0.15) is 11.6 Å². The van der Waals surface area contributed by atoms with E-state index in [4.69, 9.17) is 9.84 Å². The molecular formula is C15H21N3O2. The van der Waals surface area contributed by atoms with Gasteiger partial charge in [0.1, 0.15) is 11.8 Å². The third-order valence-electron chi connectivity index (χ3n) is 3.74. The molecule has 0 radical (unpaired) electrons. The van der Waals surface area contributed by atoms with Crippen LogP contribution in [0.5, 0.6) is 5.75 Å². The summed E-state index contributed by atoms with van der Waals surface area (Å²) in [6, 6.07) is 9.80. The van der Waals surface area contributed by atoms with E-state index in [2.05, 4.69) is 15.9 Å². The second kappa shape index (κ2) is 7.25. The Balaban J connectivity index is 2.08. The van der Waals surface area contributed by atoms with E-state index in [9.17, 15) is 5.26 Å². The first-order valence-electron chi connectivity index (χ1n) is 6.90. The summed E-state index contributed by atoms with van der Waals surface area (Å²) in [6.45, 7) is 4.32. The molecule has 1 fully saturated rings. The Labute approximate surface area is 120 Å². The minimum atomic E-state index is -0.276. The maximum Gasteiger partial charge on any atom is 0.127 e. The fourth-order valence-electron chi connectivity index (χ4n) is 2.63. The van der Waals surface area contributed by atoms with E-state index in [1.807, 2.05) is 24.3 Å². The molecule has 108 valence electrons. The van der Waals surface area contributed by atoms with Gasteiger partial charge in [-0.05, 0) is 6.07 Å². The van der Waals surface area contributed by atoms with Crippen LogP contribution >= 0.6 is 0 Å². The lowest BCUT2D eigenvalue weighted by Gasteiger charge is -2.37. The van der Waals surface area contributed by atoms with E-state index in [0.717, 1.165) is 37.5 Å². The van der Waals surface area contributed by atoms with Gasteiger partial charge in [0, 0.05) is 38.3 Å². The van der Waals surface area contributed by atoms with E-state index >= 15 is 0 Å². The molecule has 20 heavy (non-hydrogen) atoms. The molecule has 1 N–H and O–H groups in total. The van der Waals surface area contributed by atoms with E-state index in [1.165, 1.54) is 0 Å². The maximum absolute atomic E-state index is 9.52. The number of benzene rings is 1. The topological polar surface area (TPSA) is 59.7 Å². The molecule has 1 unspecified atom stereocenters. The second-order valence-corrected chi connectivity index (χ2v) is 4.87. The lowest BCUT2D eigenvalue weighted by Crippen LogP contribution is -2.48. The molecule has 1 aromatic rings. The summed E-state index contributed by atoms with van der Waals surface area (Å²) in [7, 11) is 1.63. The average Bonchev–Trinajstić information content (AvgIpc) is 2.50. The van der Waals surface area contributed by atoms with Crippen LogP contribution in [-0.4, -0.2) is 61.3 Å². The molecule has 0 aromatic heterocycles. The first-order valence-corrected chi connectivity index (χ1v) is 6.90. The van der Waals surface area contributed by atoms with Crippen molar-refractivity contribution in [2.75, 3.05) is 46.4 Å². The molecule has 0 aliphatic carbocycles. The van der Waals surface area contributed by atoms with Gasteiger partial charge >= 0.3 is 0 Å². The first-order chi connectivity index (χ1) is 9.80. The molecule has 1 saturated heterocycles. The Morgan fingerprint density at radius 2 is 2.00 bits per heavy atom. The summed E-state index contributed by atoms with van der Waals surface area (Å²) in [5.74, 6) is 0.761. The number of rotatable bonds is 5. The van der Waals surface area contributed by atoms with Gasteiger partial charge in [0.25, 0.3) is 0 Å². The Morgan fingerprint density at radius 3 is 2.60 bits per heavy atom. The molecule has 1 aromatic carbocycles. The molecule has 0 amide bonds. The van der Waals surface area contributed by atoms with Crippen LogP contribution in [0.15, 0.2) is 24.3 Å². The van der Waals surface area contributed by atoms with Crippen LogP contribution in [0.2, 0.25) is 0 Å². The highest BCUT2D eigenvalue weighted by Crippen LogP contribution is 2.29. The van der Waals surface area contributed by atoms with Crippen molar-refractivity contribution < 1.29 is 9.84 Å². The van der Waals surface area contributed by atoms with Crippen molar-refractivity contribution in [2.24, 2.45) is 0 Å². The molecule has 0 bridgehead atoms. The quantitative estimate of drug-likeness (QED) is 0.864. The molecule has 5 heteroatoms. The van der Waals surface area contributed by atoms with Crippen LogP contribution in [0.25, 0.3) is 0 Å². The summed E-state index contributed by atoms with van der Waals surface area (Å²) in [5, 5.41) is 18.5. The minimum Gasteiger partial charge on any atom is -0.496 e. The van der Waals surface area contributed by atoms with Crippen LogP contribution in [0.3, 0.4) is 0 Å². The number of para-hydroxylation sites is 1. The van der Waals surface area contributed by atoms with Crippen LogP contribution in [0.4, 0.5) is 0 Å². The highest BCUT2D eigenvalue weighted by atomic mass is 16.5. The van der Waals surface area contributed by atoms with E-state index in [0.29, 0.717) is 6.54 Å². The number of nitriles is 1. The summed E-state index contributed by atoms with van der Waals surface area (Å²) in [4.78, 5) is 4.39. The van der Waals surface area contributed by atoms with Crippen molar-refractivity contribution in [2.45, 2.75) is 6.04 Å². The van der Waals surface area contributed by atoms with Gasteiger partial charge in [-0.15, -0.1) is 0 Å². The van der Waals surface area contributed by atoms with E-state index in [1.54, 1.807) is 7.11 Å². The molecule has 1 aliphatic rings. The Kier molecular flexibility index (Phi) is 5.36.